The van der Waals surface area contributed by atoms with Crippen LogP contribution < -0.4 is 5.32 Å². The van der Waals surface area contributed by atoms with Crippen molar-refractivity contribution in [3.05, 3.63) is 0 Å². The average Bonchev–Trinajstić information content (AvgIpc) is 2.25. The average molecular weight is 212 g/mol. The number of amidine groups is 1. The Kier molecular flexibility index (Phi) is 11.1. The van der Waals surface area contributed by atoms with E-state index in [4.69, 9.17) is 0 Å². The molecular formula is C13H28N2. The van der Waals surface area contributed by atoms with E-state index in [0.717, 1.165) is 19.5 Å². The van der Waals surface area contributed by atoms with E-state index in [1.54, 1.807) is 0 Å². The molecule has 0 atom stereocenters. The summed E-state index contributed by atoms with van der Waals surface area (Å²) in [5.41, 5.74) is 0. The molecule has 0 fully saturated rings. The van der Waals surface area contributed by atoms with Crippen LogP contribution in [-0.2, 0) is 0 Å². The van der Waals surface area contributed by atoms with Crippen LogP contribution in [0.2, 0.25) is 0 Å². The maximum absolute atomic E-state index is 4.63. The zero-order valence-corrected chi connectivity index (χ0v) is 10.8. The van der Waals surface area contributed by atoms with Gasteiger partial charge >= 0.3 is 0 Å². The number of unbranched alkanes of at least 4 members (excludes halogenated alkanes) is 3. The third kappa shape index (κ3) is 9.77. The van der Waals surface area contributed by atoms with Crippen LogP contribution in [0, 0.1) is 0 Å². The lowest BCUT2D eigenvalue weighted by Crippen LogP contribution is -2.24. The number of hydrogen-bond acceptors (Lipinski definition) is 1. The summed E-state index contributed by atoms with van der Waals surface area (Å²) in [5.74, 6) is 1.23. The molecule has 2 nitrogen and oxygen atoms in total. The van der Waals surface area contributed by atoms with Crippen molar-refractivity contribution in [1.29, 1.82) is 0 Å². The molecule has 0 aromatic rings. The predicted octanol–water partition coefficient (Wildman–Crippen LogP) is 3.76. The first-order chi connectivity index (χ1) is 7.35. The Morgan fingerprint density at radius 1 is 0.933 bits per heavy atom. The summed E-state index contributed by atoms with van der Waals surface area (Å²) in [5, 5.41) is 3.46. The molecule has 2 heteroatoms. The Morgan fingerprint density at radius 3 is 2.20 bits per heavy atom. The van der Waals surface area contributed by atoms with Gasteiger partial charge in [0.25, 0.3) is 0 Å². The molecule has 0 heterocycles. The van der Waals surface area contributed by atoms with Gasteiger partial charge in [-0.1, -0.05) is 40.0 Å². The molecule has 0 aliphatic carbocycles. The second-order valence-electron chi connectivity index (χ2n) is 4.07. The first kappa shape index (κ1) is 14.5. The van der Waals surface area contributed by atoms with Crippen LogP contribution in [0.15, 0.2) is 4.99 Å². The zero-order chi connectivity index (χ0) is 11.4. The lowest BCUT2D eigenvalue weighted by molar-refractivity contribution is 0.721. The molecule has 0 amide bonds. The number of hydrogen-bond donors (Lipinski definition) is 1. The van der Waals surface area contributed by atoms with Crippen LogP contribution in [0.3, 0.4) is 0 Å². The van der Waals surface area contributed by atoms with Crippen LogP contribution >= 0.6 is 0 Å². The third-order valence-electron chi connectivity index (χ3n) is 2.44. The highest BCUT2D eigenvalue weighted by Gasteiger charge is 1.97. The molecule has 0 bridgehead atoms. The fraction of sp³-hybridized carbons (Fsp3) is 0.923. The largest absolute Gasteiger partial charge is 0.374 e. The van der Waals surface area contributed by atoms with Crippen molar-refractivity contribution in [3.8, 4) is 0 Å². The van der Waals surface area contributed by atoms with Gasteiger partial charge in [0.15, 0.2) is 0 Å². The number of nitrogens with zero attached hydrogens (tertiary/aromatic N) is 1. The summed E-state index contributed by atoms with van der Waals surface area (Å²) in [6, 6.07) is 0. The highest BCUT2D eigenvalue weighted by Crippen LogP contribution is 1.97. The van der Waals surface area contributed by atoms with Gasteiger partial charge in [-0.05, 0) is 19.3 Å². The highest BCUT2D eigenvalue weighted by atomic mass is 15.0. The van der Waals surface area contributed by atoms with E-state index in [1.807, 2.05) is 0 Å². The zero-order valence-electron chi connectivity index (χ0n) is 10.8. The highest BCUT2D eigenvalue weighted by molar-refractivity contribution is 5.82. The van der Waals surface area contributed by atoms with Crippen molar-refractivity contribution in [2.24, 2.45) is 4.99 Å². The summed E-state index contributed by atoms with van der Waals surface area (Å²) in [6.45, 7) is 8.75. The summed E-state index contributed by atoms with van der Waals surface area (Å²) >= 11 is 0. The van der Waals surface area contributed by atoms with E-state index < -0.39 is 0 Å². The normalized spacial score (nSPS) is 11.8. The number of nitrogens with one attached hydrogen (secondary N) is 1. The van der Waals surface area contributed by atoms with E-state index in [2.05, 4.69) is 31.1 Å². The van der Waals surface area contributed by atoms with Crippen molar-refractivity contribution in [1.82, 2.24) is 5.32 Å². The molecule has 15 heavy (non-hydrogen) atoms. The lowest BCUT2D eigenvalue weighted by Gasteiger charge is -2.09. The molecule has 0 saturated carbocycles. The second kappa shape index (κ2) is 11.5. The quantitative estimate of drug-likeness (QED) is 0.351. The molecular weight excluding hydrogens is 184 g/mol. The Labute approximate surface area is 95.6 Å². The van der Waals surface area contributed by atoms with Gasteiger partial charge in [-0.25, -0.2) is 0 Å². The molecule has 1 N–H and O–H groups in total. The summed E-state index contributed by atoms with van der Waals surface area (Å²) in [6.07, 6.45) is 8.59. The number of rotatable bonds is 9. The molecule has 0 spiro atoms. The van der Waals surface area contributed by atoms with Gasteiger partial charge in [0.2, 0.25) is 0 Å². The van der Waals surface area contributed by atoms with Gasteiger partial charge in [0.1, 0.15) is 0 Å². The first-order valence-electron chi connectivity index (χ1n) is 6.62. The van der Waals surface area contributed by atoms with Crippen molar-refractivity contribution in [3.63, 3.8) is 0 Å². The Bertz CT molecular complexity index is 153. The molecule has 90 valence electrons. The monoisotopic (exact) mass is 212 g/mol. The van der Waals surface area contributed by atoms with Crippen LogP contribution in [-0.4, -0.2) is 18.9 Å². The maximum Gasteiger partial charge on any atom is 0.0963 e. The second-order valence-corrected chi connectivity index (χ2v) is 4.07. The molecule has 0 aliphatic heterocycles. The van der Waals surface area contributed by atoms with E-state index >= 15 is 0 Å². The predicted molar refractivity (Wildman–Crippen MR) is 69.6 cm³/mol. The van der Waals surface area contributed by atoms with E-state index in [1.165, 1.54) is 44.4 Å². The van der Waals surface area contributed by atoms with Crippen molar-refractivity contribution >= 4 is 5.84 Å². The topological polar surface area (TPSA) is 24.4 Å². The van der Waals surface area contributed by atoms with Crippen LogP contribution in [0.5, 0.6) is 0 Å². The van der Waals surface area contributed by atoms with Crippen LogP contribution in [0.25, 0.3) is 0 Å². The van der Waals surface area contributed by atoms with Gasteiger partial charge < -0.3 is 5.32 Å². The Balaban J connectivity index is 3.76. The van der Waals surface area contributed by atoms with Crippen LogP contribution in [0.1, 0.15) is 65.7 Å². The van der Waals surface area contributed by atoms with E-state index in [0.29, 0.717) is 0 Å². The van der Waals surface area contributed by atoms with Crippen molar-refractivity contribution < 1.29 is 0 Å². The van der Waals surface area contributed by atoms with Gasteiger partial charge in [0, 0.05) is 19.5 Å². The molecule has 0 saturated heterocycles. The molecule has 0 aromatic carbocycles. The summed E-state index contributed by atoms with van der Waals surface area (Å²) in [7, 11) is 0. The van der Waals surface area contributed by atoms with E-state index in [9.17, 15) is 0 Å². The van der Waals surface area contributed by atoms with E-state index in [-0.39, 0.29) is 0 Å². The third-order valence-corrected chi connectivity index (χ3v) is 2.44. The summed E-state index contributed by atoms with van der Waals surface area (Å²) in [4.78, 5) is 4.63. The lowest BCUT2D eigenvalue weighted by atomic mass is 10.2. The molecule has 0 aromatic heterocycles. The van der Waals surface area contributed by atoms with Gasteiger partial charge in [-0.3, -0.25) is 4.99 Å². The Hall–Kier alpha value is -0.530. The Morgan fingerprint density at radius 2 is 1.60 bits per heavy atom. The first-order valence-corrected chi connectivity index (χ1v) is 6.62. The van der Waals surface area contributed by atoms with Crippen molar-refractivity contribution in [2.45, 2.75) is 65.7 Å². The minimum absolute atomic E-state index is 0.995. The standard InChI is InChI=1S/C13H28N2/c1-4-7-10-13(14-11-8-5-2)15-12-9-6-3/h4-12H2,1-3H3,(H,14,15). The number of aliphatic imine (C=N–C) groups is 1. The maximum atomic E-state index is 4.63. The fourth-order valence-corrected chi connectivity index (χ4v) is 1.35. The SMILES string of the molecule is CCCCN=C(CCCC)NCCCC. The van der Waals surface area contributed by atoms with Gasteiger partial charge in [-0.2, -0.15) is 0 Å². The molecule has 0 unspecified atom stereocenters. The molecule has 0 radical (unpaired) electrons. The minimum Gasteiger partial charge on any atom is -0.374 e. The smallest absolute Gasteiger partial charge is 0.0963 e. The van der Waals surface area contributed by atoms with Gasteiger partial charge in [0.05, 0.1) is 5.84 Å². The molecule has 0 aliphatic rings. The minimum atomic E-state index is 0.995. The van der Waals surface area contributed by atoms with Gasteiger partial charge in [-0.15, -0.1) is 0 Å². The fourth-order valence-electron chi connectivity index (χ4n) is 1.35. The van der Waals surface area contributed by atoms with Crippen molar-refractivity contribution in [2.75, 3.05) is 13.1 Å². The summed E-state index contributed by atoms with van der Waals surface area (Å²) < 4.78 is 0. The molecule has 0 rings (SSSR count). The van der Waals surface area contributed by atoms with Crippen LogP contribution in [0.4, 0.5) is 0 Å².